The minimum atomic E-state index is 0.595. The molecule has 5 heteroatoms. The summed E-state index contributed by atoms with van der Waals surface area (Å²) in [5.41, 5.74) is 0.963. The van der Waals surface area contributed by atoms with Crippen molar-refractivity contribution in [3.8, 4) is 0 Å². The molecule has 0 bridgehead atoms. The number of thioether (sulfide) groups is 1. The van der Waals surface area contributed by atoms with Crippen LogP contribution in [0.3, 0.4) is 0 Å². The second kappa shape index (κ2) is 6.67. The van der Waals surface area contributed by atoms with Gasteiger partial charge in [-0.1, -0.05) is 23.4 Å². The van der Waals surface area contributed by atoms with Gasteiger partial charge in [0.2, 0.25) is 0 Å². The minimum Gasteiger partial charge on any atom is -0.251 e. The highest BCUT2D eigenvalue weighted by Crippen LogP contribution is 2.16. The summed E-state index contributed by atoms with van der Waals surface area (Å²) in [6, 6.07) is 10.4. The van der Waals surface area contributed by atoms with E-state index >= 15 is 0 Å². The first kappa shape index (κ1) is 12.5. The monoisotopic (exact) mass is 267 g/mol. The molecule has 0 fully saturated rings. The molecular formula is C12H14ClN3S. The van der Waals surface area contributed by atoms with Crippen molar-refractivity contribution in [3.63, 3.8) is 0 Å². The number of hydrogen-bond acceptors (Lipinski definition) is 3. The maximum Gasteiger partial charge on any atom is 0.0839 e. The zero-order valence-corrected chi connectivity index (χ0v) is 11.0. The Balaban J connectivity index is 1.78. The molecule has 3 nitrogen and oxygen atoms in total. The number of aromatic nitrogens is 3. The summed E-state index contributed by atoms with van der Waals surface area (Å²) in [6.45, 7) is 0.870. The summed E-state index contributed by atoms with van der Waals surface area (Å²) in [6.07, 6.45) is 2.75. The zero-order chi connectivity index (χ0) is 11.9. The minimum absolute atomic E-state index is 0.595. The van der Waals surface area contributed by atoms with Crippen LogP contribution in [0.1, 0.15) is 5.69 Å². The van der Waals surface area contributed by atoms with Gasteiger partial charge in [-0.2, -0.15) is 0 Å². The molecule has 0 unspecified atom stereocenters. The average Bonchev–Trinajstić information content (AvgIpc) is 2.79. The Bertz CT molecular complexity index is 444. The summed E-state index contributed by atoms with van der Waals surface area (Å²) < 4.78 is 1.87. The number of hydrogen-bond donors (Lipinski definition) is 0. The van der Waals surface area contributed by atoms with Crippen molar-refractivity contribution in [1.82, 2.24) is 15.0 Å². The second-order valence-corrected chi connectivity index (χ2v) is 5.12. The third-order valence-electron chi connectivity index (χ3n) is 2.27. The van der Waals surface area contributed by atoms with E-state index in [1.165, 1.54) is 4.90 Å². The van der Waals surface area contributed by atoms with E-state index in [1.807, 2.05) is 28.7 Å². The molecule has 0 aliphatic heterocycles. The molecule has 2 aromatic rings. The molecule has 0 spiro atoms. The van der Waals surface area contributed by atoms with Crippen LogP contribution in [0.4, 0.5) is 0 Å². The van der Waals surface area contributed by atoms with Gasteiger partial charge in [0.1, 0.15) is 0 Å². The average molecular weight is 268 g/mol. The topological polar surface area (TPSA) is 30.7 Å². The lowest BCUT2D eigenvalue weighted by atomic mass is 10.4. The maximum atomic E-state index is 5.65. The Hall–Kier alpha value is -1.00. The highest BCUT2D eigenvalue weighted by molar-refractivity contribution is 7.99. The Labute approximate surface area is 110 Å². The van der Waals surface area contributed by atoms with Gasteiger partial charge in [0.05, 0.1) is 12.2 Å². The van der Waals surface area contributed by atoms with Crippen LogP contribution in [0.5, 0.6) is 0 Å². The Morgan fingerprint density at radius 3 is 2.82 bits per heavy atom. The van der Waals surface area contributed by atoms with Crippen molar-refractivity contribution in [1.29, 1.82) is 0 Å². The molecule has 0 radical (unpaired) electrons. The van der Waals surface area contributed by atoms with Crippen LogP contribution >= 0.6 is 23.4 Å². The maximum absolute atomic E-state index is 5.65. The van der Waals surface area contributed by atoms with Gasteiger partial charge in [-0.25, -0.2) is 0 Å². The van der Waals surface area contributed by atoms with E-state index in [1.54, 1.807) is 0 Å². The standard InChI is InChI=1S/C12H14ClN3S/c13-7-6-11-10-16(15-14-11)8-9-17-12-4-2-1-3-5-12/h1-5,10H,6-9H2. The molecule has 90 valence electrons. The van der Waals surface area contributed by atoms with Gasteiger partial charge >= 0.3 is 0 Å². The predicted octanol–water partition coefficient (Wildman–Crippen LogP) is 2.85. The number of alkyl halides is 1. The van der Waals surface area contributed by atoms with Crippen LogP contribution < -0.4 is 0 Å². The SMILES string of the molecule is ClCCc1cn(CCSc2ccccc2)nn1. The van der Waals surface area contributed by atoms with Crippen molar-refractivity contribution in [2.24, 2.45) is 0 Å². The summed E-state index contributed by atoms with van der Waals surface area (Å²) in [7, 11) is 0. The van der Waals surface area contributed by atoms with E-state index in [4.69, 9.17) is 11.6 Å². The lowest BCUT2D eigenvalue weighted by Gasteiger charge is -2.00. The van der Waals surface area contributed by atoms with Crippen LogP contribution in [0, 0.1) is 0 Å². The van der Waals surface area contributed by atoms with Gasteiger partial charge in [-0.15, -0.1) is 28.5 Å². The number of aryl methyl sites for hydroxylation is 2. The molecule has 0 saturated heterocycles. The molecule has 1 aromatic heterocycles. The van der Waals surface area contributed by atoms with E-state index in [9.17, 15) is 0 Å². The molecular weight excluding hydrogens is 254 g/mol. The first-order chi connectivity index (χ1) is 8.38. The van der Waals surface area contributed by atoms with Crippen molar-refractivity contribution in [2.45, 2.75) is 17.9 Å². The highest BCUT2D eigenvalue weighted by atomic mass is 35.5. The normalized spacial score (nSPS) is 10.6. The third-order valence-corrected chi connectivity index (χ3v) is 3.45. The fraction of sp³-hybridized carbons (Fsp3) is 0.333. The first-order valence-corrected chi connectivity index (χ1v) is 7.03. The lowest BCUT2D eigenvalue weighted by Crippen LogP contribution is -2.00. The molecule has 1 heterocycles. The summed E-state index contributed by atoms with van der Waals surface area (Å²) in [5, 5.41) is 8.11. The van der Waals surface area contributed by atoms with Gasteiger partial charge in [0, 0.05) is 29.1 Å². The molecule has 0 aliphatic carbocycles. The van der Waals surface area contributed by atoms with Crippen molar-refractivity contribution in [2.75, 3.05) is 11.6 Å². The second-order valence-electron chi connectivity index (χ2n) is 3.57. The van der Waals surface area contributed by atoms with Gasteiger partial charge in [0.15, 0.2) is 0 Å². The molecule has 0 N–H and O–H groups in total. The van der Waals surface area contributed by atoms with Crippen LogP contribution in [-0.4, -0.2) is 26.6 Å². The van der Waals surface area contributed by atoms with Crippen LogP contribution in [0.15, 0.2) is 41.4 Å². The van der Waals surface area contributed by atoms with E-state index in [-0.39, 0.29) is 0 Å². The Kier molecular flexibility index (Phi) is 4.88. The third kappa shape index (κ3) is 4.06. The fourth-order valence-corrected chi connectivity index (χ4v) is 2.49. The van der Waals surface area contributed by atoms with E-state index in [0.717, 1.165) is 24.4 Å². The number of halogens is 1. The van der Waals surface area contributed by atoms with E-state index < -0.39 is 0 Å². The molecule has 2 rings (SSSR count). The first-order valence-electron chi connectivity index (χ1n) is 5.51. The summed E-state index contributed by atoms with van der Waals surface area (Å²) in [5.74, 6) is 1.59. The van der Waals surface area contributed by atoms with Crippen LogP contribution in [0.2, 0.25) is 0 Å². The zero-order valence-electron chi connectivity index (χ0n) is 9.42. The van der Waals surface area contributed by atoms with Gasteiger partial charge in [-0.3, -0.25) is 4.68 Å². The van der Waals surface area contributed by atoms with Crippen molar-refractivity contribution < 1.29 is 0 Å². The smallest absolute Gasteiger partial charge is 0.0839 e. The van der Waals surface area contributed by atoms with Crippen LogP contribution in [0.25, 0.3) is 0 Å². The van der Waals surface area contributed by atoms with Crippen molar-refractivity contribution >= 4 is 23.4 Å². The number of benzene rings is 1. The molecule has 0 aliphatic rings. The fourth-order valence-electron chi connectivity index (χ4n) is 1.43. The largest absolute Gasteiger partial charge is 0.251 e. The Morgan fingerprint density at radius 1 is 1.24 bits per heavy atom. The van der Waals surface area contributed by atoms with Gasteiger partial charge in [0.25, 0.3) is 0 Å². The summed E-state index contributed by atoms with van der Waals surface area (Å²) >= 11 is 7.47. The van der Waals surface area contributed by atoms with Gasteiger partial charge < -0.3 is 0 Å². The molecule has 0 amide bonds. The van der Waals surface area contributed by atoms with Gasteiger partial charge in [-0.05, 0) is 12.1 Å². The molecule has 0 saturated carbocycles. The van der Waals surface area contributed by atoms with Crippen LogP contribution in [-0.2, 0) is 13.0 Å². The lowest BCUT2D eigenvalue weighted by molar-refractivity contribution is 0.632. The number of nitrogens with zero attached hydrogens (tertiary/aromatic N) is 3. The summed E-state index contributed by atoms with van der Waals surface area (Å²) in [4.78, 5) is 1.29. The quantitative estimate of drug-likeness (QED) is 0.596. The number of rotatable bonds is 6. The Morgan fingerprint density at radius 2 is 2.06 bits per heavy atom. The predicted molar refractivity (Wildman–Crippen MR) is 71.6 cm³/mol. The molecule has 17 heavy (non-hydrogen) atoms. The van der Waals surface area contributed by atoms with E-state index in [2.05, 4.69) is 34.6 Å². The molecule has 1 aromatic carbocycles. The van der Waals surface area contributed by atoms with E-state index in [0.29, 0.717) is 5.88 Å². The molecule has 0 atom stereocenters. The van der Waals surface area contributed by atoms with Crippen molar-refractivity contribution in [3.05, 3.63) is 42.2 Å². The highest BCUT2D eigenvalue weighted by Gasteiger charge is 2.00.